The molecular formula is C20H30ClN3O2. The first kappa shape index (κ1) is 19.5. The Bertz CT molecular complexity index is 590. The van der Waals surface area contributed by atoms with Crippen LogP contribution in [0.4, 0.5) is 0 Å². The van der Waals surface area contributed by atoms with Gasteiger partial charge in [-0.15, -0.1) is 0 Å². The molecule has 0 radical (unpaired) electrons. The molecule has 1 aromatic rings. The smallest absolute Gasteiger partial charge is 0.236 e. The monoisotopic (exact) mass is 379 g/mol. The number of amides is 1. The highest BCUT2D eigenvalue weighted by atomic mass is 35.5. The van der Waals surface area contributed by atoms with Crippen LogP contribution in [0.3, 0.4) is 0 Å². The Kier molecular flexibility index (Phi) is 7.17. The fraction of sp³-hybridized carbons (Fsp3) is 0.650. The predicted octanol–water partition coefficient (Wildman–Crippen LogP) is 2.74. The normalized spacial score (nSPS) is 22.4. The van der Waals surface area contributed by atoms with Gasteiger partial charge in [-0.05, 0) is 38.3 Å². The van der Waals surface area contributed by atoms with Crippen LogP contribution in [-0.2, 0) is 4.79 Å². The first-order chi connectivity index (χ1) is 12.6. The molecule has 0 unspecified atom stereocenters. The van der Waals surface area contributed by atoms with E-state index in [0.29, 0.717) is 30.1 Å². The van der Waals surface area contributed by atoms with E-state index in [1.807, 2.05) is 24.3 Å². The minimum Gasteiger partial charge on any atom is -0.491 e. The molecule has 1 atom stereocenters. The van der Waals surface area contributed by atoms with Crippen molar-refractivity contribution in [3.63, 3.8) is 0 Å². The summed E-state index contributed by atoms with van der Waals surface area (Å²) >= 11 is 6.11. The number of carbonyl (C=O) groups excluding carboxylic acids is 1. The van der Waals surface area contributed by atoms with Crippen LogP contribution in [0.1, 0.15) is 26.2 Å². The van der Waals surface area contributed by atoms with E-state index in [1.54, 1.807) is 0 Å². The molecule has 2 saturated heterocycles. The molecule has 0 aromatic heterocycles. The van der Waals surface area contributed by atoms with Gasteiger partial charge >= 0.3 is 0 Å². The lowest BCUT2D eigenvalue weighted by Crippen LogP contribution is -2.52. The van der Waals surface area contributed by atoms with Crippen LogP contribution in [0, 0.1) is 0 Å². The molecule has 1 aromatic carbocycles. The van der Waals surface area contributed by atoms with E-state index in [2.05, 4.69) is 21.6 Å². The Morgan fingerprint density at radius 2 is 1.85 bits per heavy atom. The van der Waals surface area contributed by atoms with E-state index in [4.69, 9.17) is 16.3 Å². The lowest BCUT2D eigenvalue weighted by Gasteiger charge is -2.38. The van der Waals surface area contributed by atoms with E-state index in [0.717, 1.165) is 57.9 Å². The van der Waals surface area contributed by atoms with Gasteiger partial charge in [0.2, 0.25) is 5.91 Å². The van der Waals surface area contributed by atoms with Gasteiger partial charge in [0.05, 0.1) is 11.6 Å². The highest BCUT2D eigenvalue weighted by Gasteiger charge is 2.26. The fourth-order valence-electron chi connectivity index (χ4n) is 3.77. The quantitative estimate of drug-likeness (QED) is 0.761. The summed E-state index contributed by atoms with van der Waals surface area (Å²) in [6, 6.07) is 7.98. The van der Waals surface area contributed by atoms with Crippen LogP contribution in [0.15, 0.2) is 24.3 Å². The fourth-order valence-corrected chi connectivity index (χ4v) is 3.96. The van der Waals surface area contributed by atoms with Crippen LogP contribution in [-0.4, -0.2) is 79.1 Å². The molecule has 2 heterocycles. The number of halogens is 1. The molecule has 0 N–H and O–H groups in total. The molecule has 2 aliphatic rings. The van der Waals surface area contributed by atoms with Gasteiger partial charge in [0.25, 0.3) is 0 Å². The van der Waals surface area contributed by atoms with Crippen LogP contribution in [0.25, 0.3) is 0 Å². The lowest BCUT2D eigenvalue weighted by atomic mass is 10.0. The maximum atomic E-state index is 12.6. The summed E-state index contributed by atoms with van der Waals surface area (Å²) < 4.78 is 5.77. The molecule has 1 amide bonds. The Morgan fingerprint density at radius 1 is 1.12 bits per heavy atom. The molecule has 144 valence electrons. The van der Waals surface area contributed by atoms with Crippen molar-refractivity contribution < 1.29 is 9.53 Å². The van der Waals surface area contributed by atoms with Gasteiger partial charge in [-0.3, -0.25) is 14.6 Å². The van der Waals surface area contributed by atoms with Crippen LogP contribution in [0.5, 0.6) is 5.75 Å². The minimum atomic E-state index is 0.299. The SMILES string of the molecule is C[C@H]1CCCCN1C(=O)CN1CCN(CCOc2ccccc2Cl)CC1. The predicted molar refractivity (Wildman–Crippen MR) is 105 cm³/mol. The summed E-state index contributed by atoms with van der Waals surface area (Å²) in [7, 11) is 0. The first-order valence-electron chi connectivity index (χ1n) is 9.75. The lowest BCUT2D eigenvalue weighted by molar-refractivity contribution is -0.136. The van der Waals surface area contributed by atoms with Gasteiger partial charge in [0, 0.05) is 45.3 Å². The highest BCUT2D eigenvalue weighted by molar-refractivity contribution is 6.32. The van der Waals surface area contributed by atoms with E-state index in [9.17, 15) is 4.79 Å². The van der Waals surface area contributed by atoms with Gasteiger partial charge in [-0.1, -0.05) is 23.7 Å². The van der Waals surface area contributed by atoms with Crippen molar-refractivity contribution in [2.75, 3.05) is 52.4 Å². The number of carbonyl (C=O) groups is 1. The van der Waals surface area contributed by atoms with Gasteiger partial charge < -0.3 is 9.64 Å². The van der Waals surface area contributed by atoms with Gasteiger partial charge in [0.15, 0.2) is 0 Å². The van der Waals surface area contributed by atoms with Crippen molar-refractivity contribution in [3.8, 4) is 5.75 Å². The first-order valence-corrected chi connectivity index (χ1v) is 10.1. The maximum absolute atomic E-state index is 12.6. The van der Waals surface area contributed by atoms with Crippen molar-refractivity contribution in [2.45, 2.75) is 32.2 Å². The topological polar surface area (TPSA) is 36.0 Å². The molecule has 3 rings (SSSR count). The van der Waals surface area contributed by atoms with E-state index in [1.165, 1.54) is 6.42 Å². The molecule has 0 bridgehead atoms. The van der Waals surface area contributed by atoms with Crippen LogP contribution in [0.2, 0.25) is 5.02 Å². The number of benzene rings is 1. The number of rotatable bonds is 6. The third kappa shape index (κ3) is 5.35. The Balaban J connectivity index is 1.35. The second-order valence-electron chi connectivity index (χ2n) is 7.33. The van der Waals surface area contributed by atoms with E-state index in [-0.39, 0.29) is 0 Å². The van der Waals surface area contributed by atoms with Crippen LogP contribution < -0.4 is 4.74 Å². The summed E-state index contributed by atoms with van der Waals surface area (Å²) in [6.07, 6.45) is 3.54. The number of nitrogens with zero attached hydrogens (tertiary/aromatic N) is 3. The molecule has 2 fully saturated rings. The summed E-state index contributed by atoms with van der Waals surface area (Å²) in [5.41, 5.74) is 0. The zero-order valence-electron chi connectivity index (χ0n) is 15.7. The third-order valence-electron chi connectivity index (χ3n) is 5.45. The minimum absolute atomic E-state index is 0.299. The number of hydrogen-bond donors (Lipinski definition) is 0. The second kappa shape index (κ2) is 9.58. The average Bonchev–Trinajstić information content (AvgIpc) is 2.65. The number of likely N-dealkylation sites (tertiary alicyclic amines) is 1. The highest BCUT2D eigenvalue weighted by Crippen LogP contribution is 2.23. The maximum Gasteiger partial charge on any atom is 0.236 e. The summed E-state index contributed by atoms with van der Waals surface area (Å²) in [6.45, 7) is 9.04. The Hall–Kier alpha value is -1.30. The van der Waals surface area contributed by atoms with Crippen molar-refractivity contribution in [1.29, 1.82) is 0 Å². The summed E-state index contributed by atoms with van der Waals surface area (Å²) in [5.74, 6) is 1.04. The third-order valence-corrected chi connectivity index (χ3v) is 5.76. The molecule has 0 spiro atoms. The molecular weight excluding hydrogens is 350 g/mol. The number of hydrogen-bond acceptors (Lipinski definition) is 4. The Morgan fingerprint density at radius 3 is 2.58 bits per heavy atom. The second-order valence-corrected chi connectivity index (χ2v) is 7.74. The number of piperazine rings is 1. The summed E-state index contributed by atoms with van der Waals surface area (Å²) in [5, 5.41) is 0.655. The molecule has 2 aliphatic heterocycles. The average molecular weight is 380 g/mol. The van der Waals surface area contributed by atoms with Crippen molar-refractivity contribution in [3.05, 3.63) is 29.3 Å². The largest absolute Gasteiger partial charge is 0.491 e. The number of para-hydroxylation sites is 1. The molecule has 0 saturated carbocycles. The zero-order valence-corrected chi connectivity index (χ0v) is 16.5. The van der Waals surface area contributed by atoms with Gasteiger partial charge in [-0.2, -0.15) is 0 Å². The van der Waals surface area contributed by atoms with Crippen molar-refractivity contribution >= 4 is 17.5 Å². The van der Waals surface area contributed by atoms with Crippen molar-refractivity contribution in [1.82, 2.24) is 14.7 Å². The number of ether oxygens (including phenoxy) is 1. The van der Waals surface area contributed by atoms with Gasteiger partial charge in [0.1, 0.15) is 12.4 Å². The Labute approximate surface area is 161 Å². The molecule has 0 aliphatic carbocycles. The molecule has 5 nitrogen and oxygen atoms in total. The summed E-state index contributed by atoms with van der Waals surface area (Å²) in [4.78, 5) is 19.3. The zero-order chi connectivity index (χ0) is 18.4. The van der Waals surface area contributed by atoms with E-state index >= 15 is 0 Å². The number of piperidine rings is 1. The van der Waals surface area contributed by atoms with Gasteiger partial charge in [-0.25, -0.2) is 0 Å². The van der Waals surface area contributed by atoms with E-state index < -0.39 is 0 Å². The standard InChI is InChI=1S/C20H30ClN3O2/c1-17-6-4-5-9-24(17)20(25)16-23-12-10-22(11-13-23)14-15-26-19-8-3-2-7-18(19)21/h2-3,7-8,17H,4-6,9-16H2,1H3/t17-/m0/s1. The van der Waals surface area contributed by atoms with Crippen LogP contribution >= 0.6 is 11.6 Å². The molecule has 26 heavy (non-hydrogen) atoms. The molecule has 6 heteroatoms. The van der Waals surface area contributed by atoms with Crippen molar-refractivity contribution in [2.24, 2.45) is 0 Å².